The van der Waals surface area contributed by atoms with E-state index in [-0.39, 0.29) is 12.1 Å². The minimum Gasteiger partial charge on any atom is -0.466 e. The molecule has 0 saturated heterocycles. The Morgan fingerprint density at radius 1 is 1.18 bits per heavy atom. The van der Waals surface area contributed by atoms with Crippen LogP contribution in [0.3, 0.4) is 0 Å². The van der Waals surface area contributed by atoms with Crippen LogP contribution >= 0.6 is 23.4 Å². The molecular formula is C23H21ClN6O3S. The number of halogens is 1. The van der Waals surface area contributed by atoms with Gasteiger partial charge in [0.25, 0.3) is 0 Å². The molecule has 1 N–H and O–H groups in total. The Kier molecular flexibility index (Phi) is 6.25. The molecule has 34 heavy (non-hydrogen) atoms. The van der Waals surface area contributed by atoms with Gasteiger partial charge in [-0.15, -0.1) is 5.10 Å². The molecular weight excluding hydrogens is 476 g/mol. The van der Waals surface area contributed by atoms with Crippen molar-refractivity contribution in [1.82, 2.24) is 30.4 Å². The van der Waals surface area contributed by atoms with E-state index in [4.69, 9.17) is 16.3 Å². The van der Waals surface area contributed by atoms with Crippen molar-refractivity contribution in [3.63, 3.8) is 0 Å². The summed E-state index contributed by atoms with van der Waals surface area (Å²) in [6.07, 6.45) is 1.77. The molecule has 2 amide bonds. The summed E-state index contributed by atoms with van der Waals surface area (Å²) in [5.74, 6) is -0.168. The van der Waals surface area contributed by atoms with Gasteiger partial charge in [-0.3, -0.25) is 4.90 Å². The summed E-state index contributed by atoms with van der Waals surface area (Å²) >= 11 is 7.35. The lowest BCUT2D eigenvalue weighted by Crippen LogP contribution is -2.50. The fraction of sp³-hybridized carbons (Fsp3) is 0.261. The largest absolute Gasteiger partial charge is 0.466 e. The number of carbonyl (C=O) groups excluding carboxylic acids is 2. The molecule has 1 atom stereocenters. The van der Waals surface area contributed by atoms with Gasteiger partial charge in [0.15, 0.2) is 0 Å². The van der Waals surface area contributed by atoms with Gasteiger partial charge in [-0.25, -0.2) is 9.59 Å². The van der Waals surface area contributed by atoms with Crippen molar-refractivity contribution in [2.75, 3.05) is 12.9 Å². The fourth-order valence-electron chi connectivity index (χ4n) is 3.94. The minimum atomic E-state index is -0.612. The maximum absolute atomic E-state index is 13.2. The smallest absolute Gasteiger partial charge is 0.338 e. The summed E-state index contributed by atoms with van der Waals surface area (Å²) in [7, 11) is 1.35. The lowest BCUT2D eigenvalue weighted by molar-refractivity contribution is -0.136. The van der Waals surface area contributed by atoms with E-state index >= 15 is 0 Å². The van der Waals surface area contributed by atoms with Crippen LogP contribution in [0.25, 0.3) is 5.69 Å². The molecule has 1 aromatic heterocycles. The number of ether oxygens (including phenoxy) is 1. The molecule has 1 aliphatic heterocycles. The molecule has 5 rings (SSSR count). The molecule has 1 fully saturated rings. The van der Waals surface area contributed by atoms with Crippen molar-refractivity contribution in [3.8, 4) is 5.69 Å². The average Bonchev–Trinajstić information content (AvgIpc) is 3.59. The number of urea groups is 1. The average molecular weight is 497 g/mol. The second kappa shape index (κ2) is 9.47. The van der Waals surface area contributed by atoms with Gasteiger partial charge in [-0.2, -0.15) is 4.68 Å². The lowest BCUT2D eigenvalue weighted by Gasteiger charge is -2.36. The number of tetrazole rings is 1. The van der Waals surface area contributed by atoms with E-state index in [1.54, 1.807) is 21.7 Å². The first kappa shape index (κ1) is 22.4. The maximum atomic E-state index is 13.2. The molecule has 1 aliphatic carbocycles. The van der Waals surface area contributed by atoms with Crippen LogP contribution in [0.2, 0.25) is 5.02 Å². The Labute approximate surface area is 205 Å². The quantitative estimate of drug-likeness (QED) is 0.392. The molecule has 0 bridgehead atoms. The zero-order valence-electron chi connectivity index (χ0n) is 18.2. The molecule has 3 aromatic rings. The highest BCUT2D eigenvalue weighted by Gasteiger charge is 2.44. The zero-order valence-corrected chi connectivity index (χ0v) is 19.8. The van der Waals surface area contributed by atoms with Crippen molar-refractivity contribution in [3.05, 3.63) is 76.5 Å². The van der Waals surface area contributed by atoms with Gasteiger partial charge in [0.05, 0.1) is 24.4 Å². The Hall–Kier alpha value is -3.37. The van der Waals surface area contributed by atoms with Crippen molar-refractivity contribution in [2.24, 2.45) is 0 Å². The number of nitrogens with zero attached hydrogens (tertiary/aromatic N) is 5. The van der Waals surface area contributed by atoms with Gasteiger partial charge in [0.1, 0.15) is 0 Å². The molecule has 2 aliphatic rings. The highest BCUT2D eigenvalue weighted by molar-refractivity contribution is 7.99. The molecule has 1 unspecified atom stereocenters. The number of benzene rings is 2. The summed E-state index contributed by atoms with van der Waals surface area (Å²) in [5.41, 5.74) is 2.59. The van der Waals surface area contributed by atoms with Crippen LogP contribution in [0.4, 0.5) is 4.79 Å². The standard InChI is InChI=1S/C23H21ClN6O3S/c1-33-21(31)19-18(13-34-23-26-27-28-30(23)17-9-7-15(24)8-10-17)29(16-11-12-16)22(32)25-20(19)14-5-3-2-4-6-14/h2-10,16,20H,11-13H2,1H3,(H,25,32). The summed E-state index contributed by atoms with van der Waals surface area (Å²) in [6.45, 7) is 0. The van der Waals surface area contributed by atoms with Crippen molar-refractivity contribution in [1.29, 1.82) is 0 Å². The van der Waals surface area contributed by atoms with Crippen LogP contribution in [-0.2, 0) is 9.53 Å². The molecule has 0 radical (unpaired) electrons. The first-order chi connectivity index (χ1) is 16.6. The predicted molar refractivity (Wildman–Crippen MR) is 127 cm³/mol. The van der Waals surface area contributed by atoms with Crippen LogP contribution in [-0.4, -0.2) is 56.0 Å². The number of hydrogen-bond acceptors (Lipinski definition) is 7. The third-order valence-corrected chi connectivity index (χ3v) is 6.86. The Bertz CT molecular complexity index is 1240. The number of aromatic nitrogens is 4. The first-order valence-corrected chi connectivity index (χ1v) is 12.1. The Balaban J connectivity index is 1.53. The topological polar surface area (TPSA) is 102 Å². The lowest BCUT2D eigenvalue weighted by atomic mass is 9.95. The molecule has 1 saturated carbocycles. The number of rotatable bonds is 7. The van der Waals surface area contributed by atoms with Crippen molar-refractivity contribution in [2.45, 2.75) is 30.1 Å². The molecule has 0 spiro atoms. The monoisotopic (exact) mass is 496 g/mol. The van der Waals surface area contributed by atoms with Gasteiger partial charge in [-0.05, 0) is 53.1 Å². The van der Waals surface area contributed by atoms with Gasteiger partial charge in [0, 0.05) is 22.5 Å². The molecule has 174 valence electrons. The maximum Gasteiger partial charge on any atom is 0.338 e. The number of nitrogens with one attached hydrogen (secondary N) is 1. The molecule has 9 nitrogen and oxygen atoms in total. The number of thioether (sulfide) groups is 1. The number of methoxy groups -OCH3 is 1. The molecule has 2 heterocycles. The predicted octanol–water partition coefficient (Wildman–Crippen LogP) is 3.76. The summed E-state index contributed by atoms with van der Waals surface area (Å²) in [5, 5.41) is 16.2. The minimum absolute atomic E-state index is 0.0549. The third kappa shape index (κ3) is 4.38. The molecule has 2 aromatic carbocycles. The van der Waals surface area contributed by atoms with Crippen LogP contribution in [0, 0.1) is 0 Å². The van der Waals surface area contributed by atoms with Gasteiger partial charge in [-0.1, -0.05) is 53.7 Å². The summed E-state index contributed by atoms with van der Waals surface area (Å²) < 4.78 is 6.75. The summed E-state index contributed by atoms with van der Waals surface area (Å²) in [6, 6.07) is 15.8. The van der Waals surface area contributed by atoms with Crippen LogP contribution < -0.4 is 5.32 Å². The zero-order chi connectivity index (χ0) is 23.7. The SMILES string of the molecule is COC(=O)C1=C(CSc2nnnn2-c2ccc(Cl)cc2)N(C2CC2)C(=O)NC1c1ccccc1. The summed E-state index contributed by atoms with van der Waals surface area (Å²) in [4.78, 5) is 27.9. The van der Waals surface area contributed by atoms with Gasteiger partial charge in [0.2, 0.25) is 5.16 Å². The Morgan fingerprint density at radius 3 is 2.59 bits per heavy atom. The van der Waals surface area contributed by atoms with E-state index in [0.29, 0.717) is 27.2 Å². The van der Waals surface area contributed by atoms with Crippen molar-refractivity contribution >= 4 is 35.4 Å². The van der Waals surface area contributed by atoms with Crippen LogP contribution in [0.5, 0.6) is 0 Å². The van der Waals surface area contributed by atoms with Gasteiger partial charge < -0.3 is 10.1 Å². The second-order valence-electron chi connectivity index (χ2n) is 7.88. The van der Waals surface area contributed by atoms with Crippen LogP contribution in [0.1, 0.15) is 24.4 Å². The highest BCUT2D eigenvalue weighted by atomic mass is 35.5. The highest BCUT2D eigenvalue weighted by Crippen LogP contribution is 2.40. The Morgan fingerprint density at radius 2 is 1.91 bits per heavy atom. The van der Waals surface area contributed by atoms with E-state index < -0.39 is 12.0 Å². The van der Waals surface area contributed by atoms with E-state index in [1.165, 1.54) is 18.9 Å². The fourth-order valence-corrected chi connectivity index (χ4v) is 4.98. The van der Waals surface area contributed by atoms with E-state index in [2.05, 4.69) is 20.8 Å². The number of carbonyl (C=O) groups is 2. The van der Waals surface area contributed by atoms with E-state index in [9.17, 15) is 9.59 Å². The van der Waals surface area contributed by atoms with E-state index in [0.717, 1.165) is 24.1 Å². The number of hydrogen-bond donors (Lipinski definition) is 1. The number of esters is 1. The molecule has 11 heteroatoms. The normalized spacial score (nSPS) is 18.1. The van der Waals surface area contributed by atoms with Gasteiger partial charge >= 0.3 is 12.0 Å². The second-order valence-corrected chi connectivity index (χ2v) is 9.26. The van der Waals surface area contributed by atoms with E-state index in [1.807, 2.05) is 42.5 Å². The first-order valence-electron chi connectivity index (χ1n) is 10.7. The third-order valence-electron chi connectivity index (χ3n) is 5.68. The number of amides is 2. The van der Waals surface area contributed by atoms with Crippen LogP contribution in [0.15, 0.2) is 71.0 Å². The van der Waals surface area contributed by atoms with Crippen molar-refractivity contribution < 1.29 is 14.3 Å².